The minimum Gasteiger partial charge on any atom is -0.486 e. The highest BCUT2D eigenvalue weighted by molar-refractivity contribution is 7.14. The van der Waals surface area contributed by atoms with E-state index in [1.807, 2.05) is 30.3 Å². The predicted molar refractivity (Wildman–Crippen MR) is 105 cm³/mol. The summed E-state index contributed by atoms with van der Waals surface area (Å²) in [4.78, 5) is 26.1. The maximum absolute atomic E-state index is 12.3. The molecule has 1 aromatic carbocycles. The highest BCUT2D eigenvalue weighted by atomic mass is 32.1. The van der Waals surface area contributed by atoms with Crippen LogP contribution in [-0.4, -0.2) is 37.7 Å². The van der Waals surface area contributed by atoms with Gasteiger partial charge in [-0.1, -0.05) is 19.1 Å². The van der Waals surface area contributed by atoms with Gasteiger partial charge in [-0.2, -0.15) is 0 Å². The Morgan fingerprint density at radius 1 is 1.29 bits per heavy atom. The molecule has 7 heteroatoms. The molecular weight excluding hydrogens is 378 g/mol. The molecule has 148 valence electrons. The molecule has 28 heavy (non-hydrogen) atoms. The van der Waals surface area contributed by atoms with E-state index in [2.05, 4.69) is 12.2 Å². The van der Waals surface area contributed by atoms with Crippen LogP contribution >= 0.6 is 11.3 Å². The molecule has 1 aliphatic carbocycles. The molecule has 0 fully saturated rings. The Bertz CT molecular complexity index is 877. The Labute approximate surface area is 167 Å². The number of esters is 1. The smallest absolute Gasteiger partial charge is 0.348 e. The highest BCUT2D eigenvalue weighted by Crippen LogP contribution is 2.32. The average molecular weight is 401 g/mol. The Balaban J connectivity index is 1.22. The van der Waals surface area contributed by atoms with Gasteiger partial charge in [0, 0.05) is 4.88 Å². The molecule has 0 saturated carbocycles. The SMILES string of the molecule is CC1CCc2sc(C(=O)OCC(=O)NCC3COc4ccccc4O3)cc2C1. The van der Waals surface area contributed by atoms with Crippen LogP contribution in [0.5, 0.6) is 11.5 Å². The van der Waals surface area contributed by atoms with Gasteiger partial charge in [-0.05, 0) is 48.9 Å². The first kappa shape index (κ1) is 18.8. The van der Waals surface area contributed by atoms with E-state index in [1.165, 1.54) is 21.8 Å². The summed E-state index contributed by atoms with van der Waals surface area (Å²) in [5.41, 5.74) is 1.25. The predicted octanol–water partition coefficient (Wildman–Crippen LogP) is 2.99. The third-order valence-electron chi connectivity index (χ3n) is 4.96. The van der Waals surface area contributed by atoms with Gasteiger partial charge in [0.15, 0.2) is 18.1 Å². The summed E-state index contributed by atoms with van der Waals surface area (Å²) >= 11 is 1.48. The second-order valence-corrected chi connectivity index (χ2v) is 8.42. The number of amides is 1. The summed E-state index contributed by atoms with van der Waals surface area (Å²) in [6.45, 7) is 2.57. The van der Waals surface area contributed by atoms with E-state index in [0.29, 0.717) is 28.9 Å². The number of carbonyl (C=O) groups is 2. The number of ether oxygens (including phenoxy) is 3. The van der Waals surface area contributed by atoms with Gasteiger partial charge in [0.1, 0.15) is 17.6 Å². The maximum atomic E-state index is 12.3. The molecular formula is C21H23NO5S. The number of benzene rings is 1. The standard InChI is InChI=1S/C21H23NO5S/c1-13-6-7-18-14(8-13)9-19(28-18)21(24)26-12-20(23)22-10-15-11-25-16-4-2-3-5-17(16)27-15/h2-5,9,13,15H,6-8,10-12H2,1H3,(H,22,23). The quantitative estimate of drug-likeness (QED) is 0.780. The normalized spacial score (nSPS) is 20.2. The Kier molecular flexibility index (Phi) is 5.52. The summed E-state index contributed by atoms with van der Waals surface area (Å²) in [6.07, 6.45) is 2.90. The van der Waals surface area contributed by atoms with Crippen LogP contribution in [-0.2, 0) is 22.4 Å². The van der Waals surface area contributed by atoms with Gasteiger partial charge in [0.2, 0.25) is 0 Å². The van der Waals surface area contributed by atoms with E-state index >= 15 is 0 Å². The number of aryl methyl sites for hydroxylation is 1. The lowest BCUT2D eigenvalue weighted by atomic mass is 9.90. The van der Waals surface area contributed by atoms with Gasteiger partial charge in [-0.3, -0.25) is 4.79 Å². The first-order valence-electron chi connectivity index (χ1n) is 9.52. The van der Waals surface area contributed by atoms with Crippen molar-refractivity contribution in [2.24, 2.45) is 5.92 Å². The highest BCUT2D eigenvalue weighted by Gasteiger charge is 2.23. The Hall–Kier alpha value is -2.54. The van der Waals surface area contributed by atoms with Crippen molar-refractivity contribution in [2.75, 3.05) is 19.8 Å². The molecule has 1 aromatic heterocycles. The first-order valence-corrected chi connectivity index (χ1v) is 10.3. The molecule has 2 unspecified atom stereocenters. The van der Waals surface area contributed by atoms with Crippen LogP contribution in [0, 0.1) is 5.92 Å². The summed E-state index contributed by atoms with van der Waals surface area (Å²) in [5.74, 6) is 1.22. The number of carbonyl (C=O) groups excluding carboxylic acids is 2. The molecule has 2 aliphatic rings. The zero-order chi connectivity index (χ0) is 19.5. The Morgan fingerprint density at radius 2 is 2.11 bits per heavy atom. The number of hydrogen-bond donors (Lipinski definition) is 1. The lowest BCUT2D eigenvalue weighted by Crippen LogP contribution is -2.42. The van der Waals surface area contributed by atoms with E-state index in [9.17, 15) is 9.59 Å². The molecule has 2 heterocycles. The minimum absolute atomic E-state index is 0.277. The summed E-state index contributed by atoms with van der Waals surface area (Å²) in [5, 5.41) is 2.73. The van der Waals surface area contributed by atoms with Crippen LogP contribution < -0.4 is 14.8 Å². The molecule has 0 radical (unpaired) electrons. The van der Waals surface area contributed by atoms with Gasteiger partial charge in [0.05, 0.1) is 6.54 Å². The zero-order valence-electron chi connectivity index (χ0n) is 15.7. The molecule has 1 N–H and O–H groups in total. The number of hydrogen-bond acceptors (Lipinski definition) is 6. The first-order chi connectivity index (χ1) is 13.6. The van der Waals surface area contributed by atoms with Crippen LogP contribution in [0.1, 0.15) is 33.5 Å². The van der Waals surface area contributed by atoms with Crippen LogP contribution in [0.3, 0.4) is 0 Å². The van der Waals surface area contributed by atoms with Crippen molar-refractivity contribution in [1.82, 2.24) is 5.32 Å². The number of fused-ring (bicyclic) bond motifs is 2. The van der Waals surface area contributed by atoms with Crippen molar-refractivity contribution < 1.29 is 23.8 Å². The molecule has 1 amide bonds. The number of nitrogens with one attached hydrogen (secondary N) is 1. The van der Waals surface area contributed by atoms with Crippen molar-refractivity contribution in [3.8, 4) is 11.5 Å². The van der Waals surface area contributed by atoms with E-state index in [1.54, 1.807) is 0 Å². The largest absolute Gasteiger partial charge is 0.486 e. The summed E-state index contributed by atoms with van der Waals surface area (Å²) in [7, 11) is 0. The second kappa shape index (κ2) is 8.22. The van der Waals surface area contributed by atoms with Gasteiger partial charge in [0.25, 0.3) is 5.91 Å². The summed E-state index contributed by atoms with van der Waals surface area (Å²) in [6, 6.07) is 9.33. The molecule has 0 bridgehead atoms. The van der Waals surface area contributed by atoms with Crippen molar-refractivity contribution >= 4 is 23.2 Å². The van der Waals surface area contributed by atoms with Crippen LogP contribution in [0.25, 0.3) is 0 Å². The average Bonchev–Trinajstić information content (AvgIpc) is 3.13. The van der Waals surface area contributed by atoms with Crippen molar-refractivity contribution in [3.63, 3.8) is 0 Å². The van der Waals surface area contributed by atoms with Gasteiger partial charge in [-0.15, -0.1) is 11.3 Å². The molecule has 2 atom stereocenters. The van der Waals surface area contributed by atoms with Crippen LogP contribution in [0.4, 0.5) is 0 Å². The topological polar surface area (TPSA) is 73.9 Å². The third-order valence-corrected chi connectivity index (χ3v) is 6.18. The van der Waals surface area contributed by atoms with Gasteiger partial charge in [-0.25, -0.2) is 4.79 Å². The molecule has 4 rings (SSSR count). The van der Waals surface area contributed by atoms with Gasteiger partial charge < -0.3 is 19.5 Å². The van der Waals surface area contributed by atoms with E-state index < -0.39 is 5.97 Å². The fraction of sp³-hybridized carbons (Fsp3) is 0.429. The molecule has 6 nitrogen and oxygen atoms in total. The Morgan fingerprint density at radius 3 is 2.96 bits per heavy atom. The molecule has 0 saturated heterocycles. The van der Waals surface area contributed by atoms with E-state index in [0.717, 1.165) is 19.3 Å². The van der Waals surface area contributed by atoms with Gasteiger partial charge >= 0.3 is 5.97 Å². The van der Waals surface area contributed by atoms with Crippen molar-refractivity contribution in [3.05, 3.63) is 45.6 Å². The molecule has 2 aromatic rings. The maximum Gasteiger partial charge on any atom is 0.348 e. The number of para-hydroxylation sites is 2. The summed E-state index contributed by atoms with van der Waals surface area (Å²) < 4.78 is 16.6. The van der Waals surface area contributed by atoms with Crippen molar-refractivity contribution in [1.29, 1.82) is 0 Å². The minimum atomic E-state index is -0.437. The van der Waals surface area contributed by atoms with Crippen molar-refractivity contribution in [2.45, 2.75) is 32.3 Å². The molecule has 0 spiro atoms. The number of rotatable bonds is 5. The lowest BCUT2D eigenvalue weighted by molar-refractivity contribution is -0.124. The van der Waals surface area contributed by atoms with Crippen LogP contribution in [0.15, 0.2) is 30.3 Å². The fourth-order valence-corrected chi connectivity index (χ4v) is 4.55. The second-order valence-electron chi connectivity index (χ2n) is 7.28. The van der Waals surface area contributed by atoms with E-state index in [4.69, 9.17) is 14.2 Å². The fourth-order valence-electron chi connectivity index (χ4n) is 3.45. The lowest BCUT2D eigenvalue weighted by Gasteiger charge is -2.26. The van der Waals surface area contributed by atoms with Crippen LogP contribution in [0.2, 0.25) is 0 Å². The number of thiophene rings is 1. The zero-order valence-corrected chi connectivity index (χ0v) is 16.6. The molecule has 1 aliphatic heterocycles. The van der Waals surface area contributed by atoms with E-state index in [-0.39, 0.29) is 25.2 Å². The monoisotopic (exact) mass is 401 g/mol. The third kappa shape index (κ3) is 4.30.